The highest BCUT2D eigenvalue weighted by atomic mass is 16.3. The van der Waals surface area contributed by atoms with Gasteiger partial charge in [0.1, 0.15) is 5.75 Å². The summed E-state index contributed by atoms with van der Waals surface area (Å²) in [4.78, 5) is 2.48. The number of phenolic OH excluding ortho intramolecular Hbond substituents is 1. The predicted molar refractivity (Wildman–Crippen MR) is 75.7 cm³/mol. The molecule has 0 bridgehead atoms. The summed E-state index contributed by atoms with van der Waals surface area (Å²) in [6.07, 6.45) is 5.77. The number of rotatable bonds is 2. The molecule has 2 heteroatoms. The van der Waals surface area contributed by atoms with Crippen molar-refractivity contribution in [2.75, 3.05) is 18.0 Å². The fourth-order valence-electron chi connectivity index (χ4n) is 3.46. The van der Waals surface area contributed by atoms with Crippen molar-refractivity contribution in [2.24, 2.45) is 0 Å². The van der Waals surface area contributed by atoms with Crippen LogP contribution in [-0.4, -0.2) is 18.2 Å². The van der Waals surface area contributed by atoms with Crippen LogP contribution >= 0.6 is 0 Å². The zero-order valence-electron chi connectivity index (χ0n) is 11.5. The van der Waals surface area contributed by atoms with Crippen LogP contribution in [0.3, 0.4) is 0 Å². The molecule has 0 amide bonds. The van der Waals surface area contributed by atoms with Crippen LogP contribution in [0.1, 0.15) is 55.7 Å². The van der Waals surface area contributed by atoms with E-state index in [1.807, 2.05) is 0 Å². The molecule has 0 aliphatic carbocycles. The third kappa shape index (κ3) is 1.70. The summed E-state index contributed by atoms with van der Waals surface area (Å²) in [6.45, 7) is 6.75. The lowest BCUT2D eigenvalue weighted by Gasteiger charge is -2.38. The maximum atomic E-state index is 10.6. The Morgan fingerprint density at radius 2 is 2.00 bits per heavy atom. The maximum absolute atomic E-state index is 10.6. The van der Waals surface area contributed by atoms with Gasteiger partial charge in [0, 0.05) is 24.3 Å². The molecule has 1 atom stereocenters. The first-order valence-corrected chi connectivity index (χ1v) is 7.35. The van der Waals surface area contributed by atoms with Crippen LogP contribution in [0.4, 0.5) is 5.69 Å². The Kier molecular flexibility index (Phi) is 2.96. The van der Waals surface area contributed by atoms with Gasteiger partial charge in [0.2, 0.25) is 0 Å². The van der Waals surface area contributed by atoms with Crippen LogP contribution in [0.5, 0.6) is 5.75 Å². The number of phenols is 1. The topological polar surface area (TPSA) is 23.5 Å². The van der Waals surface area contributed by atoms with Crippen LogP contribution < -0.4 is 4.90 Å². The van der Waals surface area contributed by atoms with Crippen molar-refractivity contribution in [3.05, 3.63) is 22.8 Å². The summed E-state index contributed by atoms with van der Waals surface area (Å²) in [5.41, 5.74) is 5.25. The van der Waals surface area contributed by atoms with E-state index >= 15 is 0 Å². The van der Waals surface area contributed by atoms with E-state index in [9.17, 15) is 5.11 Å². The average molecular weight is 245 g/mol. The number of hydrogen-bond acceptors (Lipinski definition) is 2. The third-order valence-electron chi connectivity index (χ3n) is 4.67. The molecule has 1 aromatic carbocycles. The lowest BCUT2D eigenvalue weighted by molar-refractivity contribution is 0.449. The van der Waals surface area contributed by atoms with Crippen molar-refractivity contribution in [1.82, 2.24) is 0 Å². The Morgan fingerprint density at radius 3 is 2.72 bits per heavy atom. The van der Waals surface area contributed by atoms with Gasteiger partial charge in [-0.2, -0.15) is 0 Å². The predicted octanol–water partition coefficient (Wildman–Crippen LogP) is 3.60. The highest BCUT2D eigenvalue weighted by Crippen LogP contribution is 2.44. The molecule has 2 nitrogen and oxygen atoms in total. The van der Waals surface area contributed by atoms with Gasteiger partial charge in [-0.25, -0.2) is 0 Å². The molecule has 3 rings (SSSR count). The molecule has 0 radical (unpaired) electrons. The molecule has 1 aromatic rings. The maximum Gasteiger partial charge on any atom is 0.124 e. The second-order valence-electron chi connectivity index (χ2n) is 5.80. The van der Waals surface area contributed by atoms with Gasteiger partial charge in [0.15, 0.2) is 0 Å². The van der Waals surface area contributed by atoms with Gasteiger partial charge in [-0.1, -0.05) is 13.8 Å². The van der Waals surface area contributed by atoms with Gasteiger partial charge in [-0.05, 0) is 55.2 Å². The molecule has 2 aliphatic rings. The van der Waals surface area contributed by atoms with Crippen molar-refractivity contribution >= 4 is 5.69 Å². The van der Waals surface area contributed by atoms with Gasteiger partial charge >= 0.3 is 0 Å². The Morgan fingerprint density at radius 1 is 1.28 bits per heavy atom. The molecule has 18 heavy (non-hydrogen) atoms. The molecule has 0 spiro atoms. The van der Waals surface area contributed by atoms with Crippen molar-refractivity contribution in [3.8, 4) is 5.75 Å². The Balaban J connectivity index is 2.17. The molecule has 0 saturated carbocycles. The summed E-state index contributed by atoms with van der Waals surface area (Å²) in [7, 11) is 0. The molecular weight excluding hydrogens is 222 g/mol. The fraction of sp³-hybridized carbons (Fsp3) is 0.625. The number of benzene rings is 1. The first kappa shape index (κ1) is 11.9. The number of aryl methyl sites for hydroxylation is 1. The van der Waals surface area contributed by atoms with E-state index in [1.54, 1.807) is 0 Å². The van der Waals surface area contributed by atoms with Gasteiger partial charge in [-0.3, -0.25) is 0 Å². The number of hydrogen-bond donors (Lipinski definition) is 1. The third-order valence-corrected chi connectivity index (χ3v) is 4.67. The van der Waals surface area contributed by atoms with Crippen LogP contribution in [0.25, 0.3) is 0 Å². The molecule has 1 unspecified atom stereocenters. The van der Waals surface area contributed by atoms with Gasteiger partial charge < -0.3 is 10.0 Å². The summed E-state index contributed by atoms with van der Waals surface area (Å²) >= 11 is 0. The zero-order chi connectivity index (χ0) is 12.7. The number of nitrogens with zero attached hydrogens (tertiary/aromatic N) is 1. The largest absolute Gasteiger partial charge is 0.507 e. The monoisotopic (exact) mass is 245 g/mol. The van der Waals surface area contributed by atoms with Crippen LogP contribution in [0, 0.1) is 0 Å². The Hall–Kier alpha value is -1.18. The lowest BCUT2D eigenvalue weighted by Crippen LogP contribution is -2.34. The Bertz CT molecular complexity index is 465. The van der Waals surface area contributed by atoms with Gasteiger partial charge in [0.25, 0.3) is 0 Å². The highest BCUT2D eigenvalue weighted by molar-refractivity contribution is 5.69. The van der Waals surface area contributed by atoms with E-state index in [0.717, 1.165) is 12.8 Å². The number of aromatic hydroxyl groups is 1. The molecule has 0 aromatic heterocycles. The van der Waals surface area contributed by atoms with Crippen molar-refractivity contribution in [1.29, 1.82) is 0 Å². The summed E-state index contributed by atoms with van der Waals surface area (Å²) in [6, 6.07) is 2.28. The van der Waals surface area contributed by atoms with Crippen LogP contribution in [-0.2, 0) is 12.8 Å². The van der Waals surface area contributed by atoms with Crippen LogP contribution in [0.15, 0.2) is 6.07 Å². The summed E-state index contributed by atoms with van der Waals surface area (Å²) in [5.74, 6) is 1.05. The van der Waals surface area contributed by atoms with Crippen molar-refractivity contribution in [2.45, 2.75) is 51.9 Å². The quantitative estimate of drug-likeness (QED) is 0.860. The van der Waals surface area contributed by atoms with E-state index in [1.165, 1.54) is 54.7 Å². The minimum atomic E-state index is 0.462. The lowest BCUT2D eigenvalue weighted by atomic mass is 9.85. The SMILES string of the molecule is CCC(C)c1cc2c3c(c1O)CCCN3CCC2. The second-order valence-corrected chi connectivity index (χ2v) is 5.80. The molecule has 1 N–H and O–H groups in total. The smallest absolute Gasteiger partial charge is 0.124 e. The minimum absolute atomic E-state index is 0.462. The Labute approximate surface area is 110 Å². The minimum Gasteiger partial charge on any atom is -0.507 e. The average Bonchev–Trinajstić information content (AvgIpc) is 2.42. The molecule has 98 valence electrons. The van der Waals surface area contributed by atoms with E-state index in [-0.39, 0.29) is 0 Å². The first-order valence-electron chi connectivity index (χ1n) is 7.35. The van der Waals surface area contributed by atoms with E-state index in [0.29, 0.717) is 11.7 Å². The van der Waals surface area contributed by atoms with E-state index in [4.69, 9.17) is 0 Å². The van der Waals surface area contributed by atoms with Gasteiger partial charge in [0.05, 0.1) is 0 Å². The highest BCUT2D eigenvalue weighted by Gasteiger charge is 2.28. The van der Waals surface area contributed by atoms with Crippen molar-refractivity contribution in [3.63, 3.8) is 0 Å². The molecule has 2 heterocycles. The van der Waals surface area contributed by atoms with Crippen LogP contribution in [0.2, 0.25) is 0 Å². The zero-order valence-corrected chi connectivity index (χ0v) is 11.5. The molecular formula is C16H23NO. The second kappa shape index (κ2) is 4.49. The number of anilines is 1. The standard InChI is InChI=1S/C16H23NO/c1-3-11(2)14-10-12-6-4-8-17-9-5-7-13(15(12)17)16(14)18/h10-11,18H,3-9H2,1-2H3. The summed E-state index contributed by atoms with van der Waals surface area (Å²) in [5, 5.41) is 10.6. The molecule has 0 saturated heterocycles. The first-order chi connectivity index (χ1) is 8.72. The van der Waals surface area contributed by atoms with E-state index in [2.05, 4.69) is 24.8 Å². The van der Waals surface area contributed by atoms with Crippen molar-refractivity contribution < 1.29 is 5.11 Å². The summed E-state index contributed by atoms with van der Waals surface area (Å²) < 4.78 is 0. The van der Waals surface area contributed by atoms with E-state index < -0.39 is 0 Å². The normalized spacial score (nSPS) is 19.6. The fourth-order valence-corrected chi connectivity index (χ4v) is 3.46. The molecule has 0 fully saturated rings. The van der Waals surface area contributed by atoms with Gasteiger partial charge in [-0.15, -0.1) is 0 Å². The molecule has 2 aliphatic heterocycles.